The molecule has 2 amide bonds. The Labute approximate surface area is 171 Å². The van der Waals surface area contributed by atoms with Gasteiger partial charge in [-0.15, -0.1) is 0 Å². The van der Waals surface area contributed by atoms with Gasteiger partial charge in [-0.05, 0) is 32.9 Å². The van der Waals surface area contributed by atoms with Crippen LogP contribution in [0.1, 0.15) is 20.8 Å². The summed E-state index contributed by atoms with van der Waals surface area (Å²) < 4.78 is 39.8. The average Bonchev–Trinajstić information content (AvgIpc) is 2.60. The number of rotatable bonds is 6. The number of halogens is 1. The van der Waals surface area contributed by atoms with Crippen molar-refractivity contribution in [3.05, 3.63) is 30.1 Å². The van der Waals surface area contributed by atoms with E-state index in [1.165, 1.54) is 25.2 Å². The number of sulfonamides is 1. The predicted octanol–water partition coefficient (Wildman–Crippen LogP) is -0.912. The van der Waals surface area contributed by atoms with Gasteiger partial charge in [0.1, 0.15) is 10.7 Å². The molecule has 1 aromatic rings. The molecule has 0 atom stereocenters. The largest absolute Gasteiger partial charge is 0.347 e. The fraction of sp³-hybridized carbons (Fsp3) is 0.579. The molecule has 29 heavy (non-hydrogen) atoms. The zero-order chi connectivity index (χ0) is 21.8. The van der Waals surface area contributed by atoms with E-state index in [0.29, 0.717) is 32.7 Å². The lowest BCUT2D eigenvalue weighted by atomic mass is 10.1. The van der Waals surface area contributed by atoms with Gasteiger partial charge in [-0.2, -0.15) is 4.31 Å². The molecule has 2 rings (SSSR count). The first-order chi connectivity index (χ1) is 13.4. The second kappa shape index (κ2) is 9.19. The zero-order valence-electron chi connectivity index (χ0n) is 17.4. The maximum Gasteiger partial charge on any atom is 0.275 e. The van der Waals surface area contributed by atoms with E-state index in [0.717, 1.165) is 15.3 Å². The fourth-order valence-electron chi connectivity index (χ4n) is 3.14. The van der Waals surface area contributed by atoms with Gasteiger partial charge >= 0.3 is 0 Å². The molecule has 10 heteroatoms. The molecule has 1 aliphatic rings. The van der Waals surface area contributed by atoms with Crippen molar-refractivity contribution in [1.82, 2.24) is 14.5 Å². The van der Waals surface area contributed by atoms with Crippen molar-refractivity contribution in [3.63, 3.8) is 0 Å². The van der Waals surface area contributed by atoms with Gasteiger partial charge in [0.2, 0.25) is 15.9 Å². The lowest BCUT2D eigenvalue weighted by Crippen LogP contribution is -3.16. The number of carbonyl (C=O) groups excluding carboxylic acids is 2. The molecule has 8 nitrogen and oxygen atoms in total. The minimum Gasteiger partial charge on any atom is -0.347 e. The molecule has 0 bridgehead atoms. The molecule has 0 unspecified atom stereocenters. The molecule has 0 aliphatic carbocycles. The Balaban J connectivity index is 1.88. The van der Waals surface area contributed by atoms with Crippen LogP contribution in [0.5, 0.6) is 0 Å². The highest BCUT2D eigenvalue weighted by Crippen LogP contribution is 2.17. The van der Waals surface area contributed by atoms with Gasteiger partial charge in [0.25, 0.3) is 5.91 Å². The molecule has 1 fully saturated rings. The first-order valence-electron chi connectivity index (χ1n) is 9.53. The molecule has 162 valence electrons. The molecule has 1 aromatic carbocycles. The number of amides is 2. The van der Waals surface area contributed by atoms with Crippen molar-refractivity contribution in [2.45, 2.75) is 31.2 Å². The highest BCUT2D eigenvalue weighted by atomic mass is 32.2. The summed E-state index contributed by atoms with van der Waals surface area (Å²) >= 11 is 0. The SMILES string of the molecule is CN(CC(=O)N1CC[NH+](CC(=O)NC(C)(C)C)CC1)S(=O)(=O)c1ccccc1F. The van der Waals surface area contributed by atoms with E-state index < -0.39 is 20.7 Å². The summed E-state index contributed by atoms with van der Waals surface area (Å²) in [6.07, 6.45) is 0. The maximum atomic E-state index is 13.9. The van der Waals surface area contributed by atoms with Gasteiger partial charge in [-0.3, -0.25) is 9.59 Å². The van der Waals surface area contributed by atoms with Gasteiger partial charge in [0.15, 0.2) is 6.54 Å². The van der Waals surface area contributed by atoms with Crippen molar-refractivity contribution in [1.29, 1.82) is 0 Å². The Morgan fingerprint density at radius 1 is 1.21 bits per heavy atom. The number of likely N-dealkylation sites (N-methyl/N-ethyl adjacent to an activating group) is 1. The van der Waals surface area contributed by atoms with Crippen LogP contribution in [0.25, 0.3) is 0 Å². The molecular formula is C19H30FN4O4S+. The number of nitrogens with zero attached hydrogens (tertiary/aromatic N) is 2. The van der Waals surface area contributed by atoms with Crippen LogP contribution in [-0.2, 0) is 19.6 Å². The van der Waals surface area contributed by atoms with Crippen LogP contribution in [0.2, 0.25) is 0 Å². The smallest absolute Gasteiger partial charge is 0.275 e. The van der Waals surface area contributed by atoms with E-state index in [-0.39, 0.29) is 23.9 Å². The highest BCUT2D eigenvalue weighted by Gasteiger charge is 2.30. The van der Waals surface area contributed by atoms with Gasteiger partial charge in [0.05, 0.1) is 32.7 Å². The number of benzene rings is 1. The minimum atomic E-state index is -4.09. The molecule has 1 saturated heterocycles. The second-order valence-electron chi connectivity index (χ2n) is 8.30. The van der Waals surface area contributed by atoms with E-state index in [4.69, 9.17) is 0 Å². The second-order valence-corrected chi connectivity index (χ2v) is 10.3. The Morgan fingerprint density at radius 2 is 1.79 bits per heavy atom. The number of nitrogens with one attached hydrogen (secondary N) is 2. The molecule has 0 spiro atoms. The Bertz CT molecular complexity index is 846. The van der Waals surface area contributed by atoms with E-state index in [1.807, 2.05) is 20.8 Å². The summed E-state index contributed by atoms with van der Waals surface area (Å²) in [5.74, 6) is -1.23. The quantitative estimate of drug-likeness (QED) is 0.613. The van der Waals surface area contributed by atoms with Gasteiger partial charge in [0, 0.05) is 12.6 Å². The van der Waals surface area contributed by atoms with Crippen LogP contribution in [0.15, 0.2) is 29.2 Å². The van der Waals surface area contributed by atoms with E-state index in [9.17, 15) is 22.4 Å². The first kappa shape index (κ1) is 23.2. The Hall–Kier alpha value is -2.04. The van der Waals surface area contributed by atoms with Crippen molar-refractivity contribution in [2.75, 3.05) is 46.3 Å². The fourth-order valence-corrected chi connectivity index (χ4v) is 4.32. The minimum absolute atomic E-state index is 0.0389. The van der Waals surface area contributed by atoms with Crippen molar-refractivity contribution >= 4 is 21.8 Å². The van der Waals surface area contributed by atoms with Gasteiger partial charge in [-0.1, -0.05) is 12.1 Å². The number of hydrogen-bond donors (Lipinski definition) is 2. The summed E-state index contributed by atoms with van der Waals surface area (Å²) in [5.41, 5.74) is -0.289. The summed E-state index contributed by atoms with van der Waals surface area (Å²) in [6, 6.07) is 5.09. The molecule has 0 saturated carbocycles. The highest BCUT2D eigenvalue weighted by molar-refractivity contribution is 7.89. The summed E-state index contributed by atoms with van der Waals surface area (Å²) in [5, 5.41) is 2.92. The lowest BCUT2D eigenvalue weighted by molar-refractivity contribution is -0.896. The van der Waals surface area contributed by atoms with Gasteiger partial charge < -0.3 is 15.1 Å². The third-order valence-electron chi connectivity index (χ3n) is 4.63. The lowest BCUT2D eigenvalue weighted by Gasteiger charge is -2.33. The summed E-state index contributed by atoms with van der Waals surface area (Å²) in [4.78, 5) is 26.8. The third kappa shape index (κ3) is 6.48. The monoisotopic (exact) mass is 429 g/mol. The van der Waals surface area contributed by atoms with Crippen LogP contribution in [0.3, 0.4) is 0 Å². The normalized spacial score (nSPS) is 16.1. The van der Waals surface area contributed by atoms with Crippen molar-refractivity contribution in [2.24, 2.45) is 0 Å². The molecular weight excluding hydrogens is 399 g/mol. The maximum absolute atomic E-state index is 13.9. The first-order valence-corrected chi connectivity index (χ1v) is 11.0. The van der Waals surface area contributed by atoms with Crippen LogP contribution < -0.4 is 10.2 Å². The van der Waals surface area contributed by atoms with Crippen LogP contribution in [0, 0.1) is 5.82 Å². The van der Waals surface area contributed by atoms with Gasteiger partial charge in [-0.25, -0.2) is 12.8 Å². The van der Waals surface area contributed by atoms with Crippen LogP contribution >= 0.6 is 0 Å². The molecule has 1 heterocycles. The number of piperazine rings is 1. The standard InChI is InChI=1S/C19H29FN4O4S/c1-19(2,3)21-17(25)13-23-9-11-24(12-10-23)18(26)14-22(4)29(27,28)16-8-6-5-7-15(16)20/h5-8H,9-14H2,1-4H3,(H,21,25)/p+1. The number of quaternary nitrogens is 1. The van der Waals surface area contributed by atoms with Crippen LogP contribution in [0.4, 0.5) is 4.39 Å². The third-order valence-corrected chi connectivity index (χ3v) is 6.47. The Kier molecular flexibility index (Phi) is 7.36. The molecule has 1 aliphatic heterocycles. The molecule has 0 radical (unpaired) electrons. The molecule has 2 N–H and O–H groups in total. The van der Waals surface area contributed by atoms with E-state index in [1.54, 1.807) is 4.90 Å². The average molecular weight is 430 g/mol. The molecule has 0 aromatic heterocycles. The van der Waals surface area contributed by atoms with Crippen molar-refractivity contribution < 1.29 is 27.3 Å². The predicted molar refractivity (Wildman–Crippen MR) is 106 cm³/mol. The van der Waals surface area contributed by atoms with Crippen molar-refractivity contribution in [3.8, 4) is 0 Å². The zero-order valence-corrected chi connectivity index (χ0v) is 18.2. The number of hydrogen-bond acceptors (Lipinski definition) is 4. The number of carbonyl (C=O) groups is 2. The summed E-state index contributed by atoms with van der Waals surface area (Å²) in [6.45, 7) is 7.81. The van der Waals surface area contributed by atoms with E-state index >= 15 is 0 Å². The summed E-state index contributed by atoms with van der Waals surface area (Å²) in [7, 11) is -2.83. The topological polar surface area (TPSA) is 91.2 Å². The van der Waals surface area contributed by atoms with E-state index in [2.05, 4.69) is 5.32 Å². The Morgan fingerprint density at radius 3 is 2.34 bits per heavy atom. The van der Waals surface area contributed by atoms with Crippen LogP contribution in [-0.4, -0.2) is 81.3 Å².